The SMILES string of the molecule is CNC(C)c1cccc2n[nH]c(C)c12. The van der Waals surface area contributed by atoms with Crippen molar-refractivity contribution in [2.45, 2.75) is 19.9 Å². The predicted octanol–water partition coefficient (Wildman–Crippen LogP) is 2.15. The van der Waals surface area contributed by atoms with E-state index < -0.39 is 0 Å². The molecule has 74 valence electrons. The van der Waals surface area contributed by atoms with E-state index in [-0.39, 0.29) is 0 Å². The van der Waals surface area contributed by atoms with Crippen LogP contribution >= 0.6 is 0 Å². The molecule has 0 saturated carbocycles. The van der Waals surface area contributed by atoms with E-state index in [0.29, 0.717) is 6.04 Å². The van der Waals surface area contributed by atoms with Gasteiger partial charge in [0.2, 0.25) is 0 Å². The van der Waals surface area contributed by atoms with Gasteiger partial charge in [-0.05, 0) is 32.5 Å². The third-order valence-corrected chi connectivity index (χ3v) is 2.69. The minimum Gasteiger partial charge on any atom is -0.313 e. The Bertz CT molecular complexity index is 445. The molecule has 2 N–H and O–H groups in total. The van der Waals surface area contributed by atoms with Crippen LogP contribution in [0.5, 0.6) is 0 Å². The van der Waals surface area contributed by atoms with Crippen molar-refractivity contribution in [1.29, 1.82) is 0 Å². The van der Waals surface area contributed by atoms with Crippen molar-refractivity contribution < 1.29 is 0 Å². The first-order valence-electron chi connectivity index (χ1n) is 4.85. The Kier molecular flexibility index (Phi) is 2.25. The number of aromatic nitrogens is 2. The standard InChI is InChI=1S/C11H15N3/c1-7(12-3)9-5-4-6-10-11(9)8(2)13-14-10/h4-7,12H,1-3H3,(H,13,14). The lowest BCUT2D eigenvalue weighted by atomic mass is 10.0. The maximum absolute atomic E-state index is 4.24. The quantitative estimate of drug-likeness (QED) is 0.760. The molecular formula is C11H15N3. The molecule has 0 bridgehead atoms. The number of rotatable bonds is 2. The van der Waals surface area contributed by atoms with Crippen LogP contribution < -0.4 is 5.32 Å². The van der Waals surface area contributed by atoms with E-state index in [4.69, 9.17) is 0 Å². The number of nitrogens with zero attached hydrogens (tertiary/aromatic N) is 1. The fraction of sp³-hybridized carbons (Fsp3) is 0.364. The molecule has 1 aromatic heterocycles. The third kappa shape index (κ3) is 1.30. The van der Waals surface area contributed by atoms with Crippen LogP contribution in [0.3, 0.4) is 0 Å². The van der Waals surface area contributed by atoms with Crippen molar-refractivity contribution >= 4 is 10.9 Å². The Labute approximate surface area is 83.5 Å². The number of benzene rings is 1. The molecule has 2 aromatic rings. The molecule has 0 aliphatic heterocycles. The number of H-pyrrole nitrogens is 1. The molecule has 0 aliphatic rings. The second-order valence-electron chi connectivity index (χ2n) is 3.60. The first-order chi connectivity index (χ1) is 6.74. The number of hydrogen-bond donors (Lipinski definition) is 2. The van der Waals surface area contributed by atoms with Crippen molar-refractivity contribution in [1.82, 2.24) is 15.5 Å². The minimum atomic E-state index is 0.356. The molecule has 3 nitrogen and oxygen atoms in total. The van der Waals surface area contributed by atoms with E-state index in [1.54, 1.807) is 0 Å². The Balaban J connectivity index is 2.69. The normalized spacial score (nSPS) is 13.4. The highest BCUT2D eigenvalue weighted by Crippen LogP contribution is 2.24. The zero-order valence-corrected chi connectivity index (χ0v) is 8.76. The van der Waals surface area contributed by atoms with Gasteiger partial charge >= 0.3 is 0 Å². The lowest BCUT2D eigenvalue weighted by Gasteiger charge is -2.11. The molecule has 0 saturated heterocycles. The molecule has 0 aliphatic carbocycles. The van der Waals surface area contributed by atoms with Crippen LogP contribution in [0.1, 0.15) is 24.2 Å². The van der Waals surface area contributed by atoms with Crippen molar-refractivity contribution in [3.05, 3.63) is 29.5 Å². The molecule has 1 heterocycles. The lowest BCUT2D eigenvalue weighted by Crippen LogP contribution is -2.12. The summed E-state index contributed by atoms with van der Waals surface area (Å²) in [6.07, 6.45) is 0. The molecule has 0 amide bonds. The summed E-state index contributed by atoms with van der Waals surface area (Å²) in [5.74, 6) is 0. The highest BCUT2D eigenvalue weighted by Gasteiger charge is 2.10. The van der Waals surface area contributed by atoms with Crippen molar-refractivity contribution in [3.63, 3.8) is 0 Å². The first-order valence-corrected chi connectivity index (χ1v) is 4.85. The van der Waals surface area contributed by atoms with Crippen molar-refractivity contribution in [3.8, 4) is 0 Å². The molecule has 2 rings (SSSR count). The second-order valence-corrected chi connectivity index (χ2v) is 3.60. The topological polar surface area (TPSA) is 40.7 Å². The number of aromatic amines is 1. The molecule has 1 unspecified atom stereocenters. The van der Waals surface area contributed by atoms with Crippen molar-refractivity contribution in [2.75, 3.05) is 7.05 Å². The van der Waals surface area contributed by atoms with Crippen LogP contribution in [0.15, 0.2) is 18.2 Å². The zero-order chi connectivity index (χ0) is 10.1. The summed E-state index contributed by atoms with van der Waals surface area (Å²) in [6.45, 7) is 4.21. The summed E-state index contributed by atoms with van der Waals surface area (Å²) in [5.41, 5.74) is 3.48. The van der Waals surface area contributed by atoms with Crippen molar-refractivity contribution in [2.24, 2.45) is 0 Å². The molecule has 14 heavy (non-hydrogen) atoms. The molecule has 1 aromatic carbocycles. The summed E-state index contributed by atoms with van der Waals surface area (Å²) >= 11 is 0. The van der Waals surface area contributed by atoms with Gasteiger partial charge in [0.25, 0.3) is 0 Å². The number of aryl methyl sites for hydroxylation is 1. The predicted molar refractivity (Wildman–Crippen MR) is 58.3 cm³/mol. The smallest absolute Gasteiger partial charge is 0.0926 e. The Morgan fingerprint density at radius 3 is 2.93 bits per heavy atom. The fourth-order valence-corrected chi connectivity index (χ4v) is 1.78. The highest BCUT2D eigenvalue weighted by molar-refractivity contribution is 5.85. The monoisotopic (exact) mass is 189 g/mol. The zero-order valence-electron chi connectivity index (χ0n) is 8.76. The minimum absolute atomic E-state index is 0.356. The van der Waals surface area contributed by atoms with Crippen LogP contribution in [0.2, 0.25) is 0 Å². The fourth-order valence-electron chi connectivity index (χ4n) is 1.78. The van der Waals surface area contributed by atoms with Gasteiger partial charge in [-0.2, -0.15) is 5.10 Å². The van der Waals surface area contributed by atoms with E-state index >= 15 is 0 Å². The van der Waals surface area contributed by atoms with Gasteiger partial charge in [0.15, 0.2) is 0 Å². The molecule has 1 atom stereocenters. The van der Waals surface area contributed by atoms with Crippen LogP contribution in [-0.2, 0) is 0 Å². The molecule has 3 heteroatoms. The number of hydrogen-bond acceptors (Lipinski definition) is 2. The number of nitrogens with one attached hydrogen (secondary N) is 2. The number of fused-ring (bicyclic) bond motifs is 1. The molecule has 0 spiro atoms. The van der Waals surface area contributed by atoms with Gasteiger partial charge in [-0.25, -0.2) is 0 Å². The van der Waals surface area contributed by atoms with Gasteiger partial charge in [0, 0.05) is 17.1 Å². The van der Waals surface area contributed by atoms with E-state index in [0.717, 1.165) is 11.2 Å². The average Bonchev–Trinajstić information content (AvgIpc) is 2.59. The summed E-state index contributed by atoms with van der Waals surface area (Å²) in [5, 5.41) is 11.8. The third-order valence-electron chi connectivity index (χ3n) is 2.69. The highest BCUT2D eigenvalue weighted by atomic mass is 15.1. The van der Waals surface area contributed by atoms with Crippen LogP contribution in [0.4, 0.5) is 0 Å². The van der Waals surface area contributed by atoms with Gasteiger partial charge in [0.1, 0.15) is 0 Å². The van der Waals surface area contributed by atoms with E-state index in [1.165, 1.54) is 10.9 Å². The summed E-state index contributed by atoms with van der Waals surface area (Å²) in [4.78, 5) is 0. The van der Waals surface area contributed by atoms with E-state index in [9.17, 15) is 0 Å². The van der Waals surface area contributed by atoms with Crippen LogP contribution in [0, 0.1) is 6.92 Å². The van der Waals surface area contributed by atoms with Gasteiger partial charge in [0.05, 0.1) is 5.52 Å². The Morgan fingerprint density at radius 2 is 2.21 bits per heavy atom. The largest absolute Gasteiger partial charge is 0.313 e. The first kappa shape index (κ1) is 9.21. The molecular weight excluding hydrogens is 174 g/mol. The maximum atomic E-state index is 4.24. The maximum Gasteiger partial charge on any atom is 0.0926 e. The van der Waals surface area contributed by atoms with E-state index in [1.807, 2.05) is 19.2 Å². The molecule has 0 radical (unpaired) electrons. The summed E-state index contributed by atoms with van der Waals surface area (Å²) < 4.78 is 0. The second kappa shape index (κ2) is 3.42. The average molecular weight is 189 g/mol. The van der Waals surface area contributed by atoms with Gasteiger partial charge in [-0.15, -0.1) is 0 Å². The van der Waals surface area contributed by atoms with Gasteiger partial charge < -0.3 is 5.32 Å². The summed E-state index contributed by atoms with van der Waals surface area (Å²) in [7, 11) is 1.97. The molecule has 0 fully saturated rings. The Hall–Kier alpha value is -1.35. The van der Waals surface area contributed by atoms with E-state index in [2.05, 4.69) is 35.4 Å². The van der Waals surface area contributed by atoms with Gasteiger partial charge in [-0.1, -0.05) is 12.1 Å². The summed E-state index contributed by atoms with van der Waals surface area (Å²) in [6, 6.07) is 6.58. The van der Waals surface area contributed by atoms with Crippen LogP contribution in [0.25, 0.3) is 10.9 Å². The Morgan fingerprint density at radius 1 is 1.43 bits per heavy atom. The lowest BCUT2D eigenvalue weighted by molar-refractivity contribution is 0.657. The van der Waals surface area contributed by atoms with Crippen LogP contribution in [-0.4, -0.2) is 17.2 Å². The van der Waals surface area contributed by atoms with Gasteiger partial charge in [-0.3, -0.25) is 5.10 Å².